The molecule has 0 spiro atoms. The summed E-state index contributed by atoms with van der Waals surface area (Å²) in [7, 11) is 1.80. The molecule has 4 heteroatoms. The molecule has 1 fully saturated rings. The molecule has 19 heavy (non-hydrogen) atoms. The molecule has 0 N–H and O–H groups in total. The molecule has 0 saturated carbocycles. The standard InChI is InChI=1S/C15H23NO2S/c1-12-7-9-16(11-14(12)18-2)8-3-5-13(17)15-6-4-10-19-15/h4,6,10,12,14H,3,5,7-9,11H2,1-2H3. The quantitative estimate of drug-likeness (QED) is 0.751. The molecule has 2 atom stereocenters. The number of likely N-dealkylation sites (tertiary alicyclic amines) is 1. The molecule has 106 valence electrons. The molecule has 0 amide bonds. The van der Waals surface area contributed by atoms with Gasteiger partial charge in [-0.1, -0.05) is 13.0 Å². The lowest BCUT2D eigenvalue weighted by Crippen LogP contribution is -2.44. The molecular weight excluding hydrogens is 258 g/mol. The summed E-state index contributed by atoms with van der Waals surface area (Å²) < 4.78 is 5.51. The fourth-order valence-corrected chi connectivity index (χ4v) is 3.33. The van der Waals surface area contributed by atoms with Crippen LogP contribution in [-0.2, 0) is 4.74 Å². The molecule has 2 rings (SSSR count). The maximum absolute atomic E-state index is 11.9. The van der Waals surface area contributed by atoms with Gasteiger partial charge in [-0.3, -0.25) is 4.79 Å². The van der Waals surface area contributed by atoms with Gasteiger partial charge in [0, 0.05) is 20.1 Å². The predicted molar refractivity (Wildman–Crippen MR) is 78.9 cm³/mol. The lowest BCUT2D eigenvalue weighted by Gasteiger charge is -2.36. The summed E-state index contributed by atoms with van der Waals surface area (Å²) in [6, 6.07) is 3.85. The van der Waals surface area contributed by atoms with Gasteiger partial charge in [-0.05, 0) is 43.3 Å². The summed E-state index contributed by atoms with van der Waals surface area (Å²) >= 11 is 1.54. The zero-order valence-electron chi connectivity index (χ0n) is 11.8. The van der Waals surface area contributed by atoms with Crippen LogP contribution in [0.4, 0.5) is 0 Å². The number of rotatable bonds is 6. The average molecular weight is 281 g/mol. The monoisotopic (exact) mass is 281 g/mol. The maximum Gasteiger partial charge on any atom is 0.172 e. The van der Waals surface area contributed by atoms with Crippen LogP contribution in [0.25, 0.3) is 0 Å². The molecule has 1 aromatic rings. The average Bonchev–Trinajstić information content (AvgIpc) is 2.94. The third-order valence-electron chi connectivity index (χ3n) is 3.95. The Morgan fingerprint density at radius 3 is 3.11 bits per heavy atom. The number of hydrogen-bond acceptors (Lipinski definition) is 4. The van der Waals surface area contributed by atoms with Gasteiger partial charge in [0.25, 0.3) is 0 Å². The minimum atomic E-state index is 0.281. The van der Waals surface area contributed by atoms with Crippen molar-refractivity contribution in [3.63, 3.8) is 0 Å². The highest BCUT2D eigenvalue weighted by molar-refractivity contribution is 7.12. The summed E-state index contributed by atoms with van der Waals surface area (Å²) in [6.45, 7) is 5.40. The van der Waals surface area contributed by atoms with Crippen molar-refractivity contribution in [3.05, 3.63) is 22.4 Å². The molecule has 1 aliphatic rings. The van der Waals surface area contributed by atoms with Crippen molar-refractivity contribution in [1.29, 1.82) is 0 Å². The van der Waals surface area contributed by atoms with Gasteiger partial charge < -0.3 is 9.64 Å². The van der Waals surface area contributed by atoms with E-state index in [1.807, 2.05) is 17.5 Å². The number of ketones is 1. The van der Waals surface area contributed by atoms with Crippen molar-refractivity contribution in [2.75, 3.05) is 26.7 Å². The lowest BCUT2D eigenvalue weighted by atomic mass is 9.95. The fourth-order valence-electron chi connectivity index (χ4n) is 2.63. The Labute approximate surface area is 119 Å². The van der Waals surface area contributed by atoms with Gasteiger partial charge in [-0.2, -0.15) is 0 Å². The highest BCUT2D eigenvalue weighted by Gasteiger charge is 2.25. The molecule has 0 aliphatic carbocycles. The van der Waals surface area contributed by atoms with E-state index in [2.05, 4.69) is 11.8 Å². The van der Waals surface area contributed by atoms with Gasteiger partial charge in [0.1, 0.15) is 0 Å². The van der Waals surface area contributed by atoms with E-state index in [-0.39, 0.29) is 5.78 Å². The molecule has 1 aromatic heterocycles. The normalized spacial score (nSPS) is 24.5. The fraction of sp³-hybridized carbons (Fsp3) is 0.667. The summed E-state index contributed by atoms with van der Waals surface area (Å²) in [5.41, 5.74) is 0. The van der Waals surface area contributed by atoms with Crippen molar-refractivity contribution in [1.82, 2.24) is 4.90 Å². The zero-order valence-corrected chi connectivity index (χ0v) is 12.6. The van der Waals surface area contributed by atoms with Crippen LogP contribution in [0.3, 0.4) is 0 Å². The van der Waals surface area contributed by atoms with Gasteiger partial charge in [-0.15, -0.1) is 11.3 Å². The molecule has 0 aromatic carbocycles. The Morgan fingerprint density at radius 2 is 2.42 bits per heavy atom. The number of methoxy groups -OCH3 is 1. The van der Waals surface area contributed by atoms with E-state index >= 15 is 0 Å². The van der Waals surface area contributed by atoms with Gasteiger partial charge in [0.2, 0.25) is 0 Å². The number of ether oxygens (including phenoxy) is 1. The molecule has 1 aliphatic heterocycles. The Bertz CT molecular complexity index is 391. The van der Waals surface area contributed by atoms with E-state index in [0.29, 0.717) is 18.4 Å². The first-order valence-electron chi connectivity index (χ1n) is 7.02. The van der Waals surface area contributed by atoms with Crippen LogP contribution < -0.4 is 0 Å². The first-order valence-corrected chi connectivity index (χ1v) is 7.90. The highest BCUT2D eigenvalue weighted by atomic mass is 32.1. The first-order chi connectivity index (χ1) is 9.20. The van der Waals surface area contributed by atoms with Crippen molar-refractivity contribution in [2.24, 2.45) is 5.92 Å². The maximum atomic E-state index is 11.9. The minimum absolute atomic E-state index is 0.281. The Hall–Kier alpha value is -0.710. The molecule has 3 nitrogen and oxygen atoms in total. The minimum Gasteiger partial charge on any atom is -0.380 e. The Morgan fingerprint density at radius 1 is 1.58 bits per heavy atom. The topological polar surface area (TPSA) is 29.5 Å². The number of carbonyl (C=O) groups excluding carboxylic acids is 1. The van der Waals surface area contributed by atoms with Crippen molar-refractivity contribution >= 4 is 17.1 Å². The lowest BCUT2D eigenvalue weighted by molar-refractivity contribution is -0.00512. The molecule has 0 radical (unpaired) electrons. The number of carbonyl (C=O) groups is 1. The van der Waals surface area contributed by atoms with E-state index < -0.39 is 0 Å². The van der Waals surface area contributed by atoms with E-state index in [1.54, 1.807) is 7.11 Å². The van der Waals surface area contributed by atoms with Crippen LogP contribution in [0.15, 0.2) is 17.5 Å². The van der Waals surface area contributed by atoms with Crippen molar-refractivity contribution < 1.29 is 9.53 Å². The Kier molecular flexibility index (Phi) is 5.55. The third-order valence-corrected chi connectivity index (χ3v) is 4.86. The van der Waals surface area contributed by atoms with Crippen molar-refractivity contribution in [3.8, 4) is 0 Å². The molecule has 0 bridgehead atoms. The van der Waals surface area contributed by atoms with Crippen LogP contribution in [0, 0.1) is 5.92 Å². The van der Waals surface area contributed by atoms with Crippen LogP contribution in [-0.4, -0.2) is 43.5 Å². The largest absolute Gasteiger partial charge is 0.380 e. The third kappa shape index (κ3) is 4.13. The first kappa shape index (κ1) is 14.7. The van der Waals surface area contributed by atoms with Gasteiger partial charge in [0.15, 0.2) is 5.78 Å². The number of hydrogen-bond donors (Lipinski definition) is 0. The second-order valence-electron chi connectivity index (χ2n) is 5.34. The zero-order chi connectivity index (χ0) is 13.7. The van der Waals surface area contributed by atoms with Gasteiger partial charge in [-0.25, -0.2) is 0 Å². The number of thiophene rings is 1. The highest BCUT2D eigenvalue weighted by Crippen LogP contribution is 2.20. The summed E-state index contributed by atoms with van der Waals surface area (Å²) in [4.78, 5) is 15.2. The second-order valence-corrected chi connectivity index (χ2v) is 6.29. The second kappa shape index (κ2) is 7.17. The van der Waals surface area contributed by atoms with E-state index in [1.165, 1.54) is 17.8 Å². The molecular formula is C15H23NO2S. The number of Topliss-reactive ketones (excluding diaryl/α,β-unsaturated/α-hetero) is 1. The van der Waals surface area contributed by atoms with Gasteiger partial charge in [0.05, 0.1) is 11.0 Å². The number of piperidine rings is 1. The molecule has 2 unspecified atom stereocenters. The smallest absolute Gasteiger partial charge is 0.172 e. The predicted octanol–water partition coefficient (Wildman–Crippen LogP) is 3.07. The SMILES string of the molecule is COC1CN(CCCC(=O)c2cccs2)CCC1C. The van der Waals surface area contributed by atoms with Gasteiger partial charge >= 0.3 is 0 Å². The van der Waals surface area contributed by atoms with E-state index in [9.17, 15) is 4.79 Å². The summed E-state index contributed by atoms with van der Waals surface area (Å²) in [6.07, 6.45) is 3.14. The van der Waals surface area contributed by atoms with Crippen LogP contribution in [0.2, 0.25) is 0 Å². The number of nitrogens with zero attached hydrogens (tertiary/aromatic N) is 1. The van der Waals surface area contributed by atoms with Crippen LogP contribution in [0.5, 0.6) is 0 Å². The summed E-state index contributed by atoms with van der Waals surface area (Å²) in [5.74, 6) is 0.928. The van der Waals surface area contributed by atoms with Crippen LogP contribution in [0.1, 0.15) is 35.9 Å². The van der Waals surface area contributed by atoms with Crippen LogP contribution >= 0.6 is 11.3 Å². The summed E-state index contributed by atoms with van der Waals surface area (Å²) in [5, 5.41) is 1.96. The van der Waals surface area contributed by atoms with E-state index in [4.69, 9.17) is 4.74 Å². The van der Waals surface area contributed by atoms with E-state index in [0.717, 1.165) is 30.9 Å². The van der Waals surface area contributed by atoms with Crippen molar-refractivity contribution in [2.45, 2.75) is 32.3 Å². The molecule has 2 heterocycles. The molecule has 1 saturated heterocycles. The Balaban J connectivity index is 1.70.